The maximum absolute atomic E-state index is 12.6. The minimum absolute atomic E-state index is 0.137. The van der Waals surface area contributed by atoms with E-state index in [1.807, 2.05) is 49.6 Å². The number of nitrogens with zero attached hydrogens (tertiary/aromatic N) is 4. The topological polar surface area (TPSA) is 85.8 Å². The van der Waals surface area contributed by atoms with E-state index in [1.165, 1.54) is 17.3 Å². The highest BCUT2D eigenvalue weighted by molar-refractivity contribution is 8.00. The number of aromatic nitrogens is 4. The molecule has 0 fully saturated rings. The van der Waals surface area contributed by atoms with Crippen molar-refractivity contribution in [2.24, 2.45) is 0 Å². The first-order valence-electron chi connectivity index (χ1n) is 8.38. The number of amides is 1. The fourth-order valence-electron chi connectivity index (χ4n) is 2.49. The Kier molecular flexibility index (Phi) is 5.41. The lowest BCUT2D eigenvalue weighted by atomic mass is 10.2. The maximum atomic E-state index is 12.6. The van der Waals surface area contributed by atoms with Gasteiger partial charge in [-0.1, -0.05) is 41.5 Å². The molecule has 1 unspecified atom stereocenters. The van der Waals surface area contributed by atoms with Crippen LogP contribution in [0.15, 0.2) is 40.0 Å². The summed E-state index contributed by atoms with van der Waals surface area (Å²) in [6.07, 6.45) is 0.646. The summed E-state index contributed by atoms with van der Waals surface area (Å²) in [6, 6.07) is 9.82. The predicted molar refractivity (Wildman–Crippen MR) is 101 cm³/mol. The van der Waals surface area contributed by atoms with Crippen molar-refractivity contribution in [1.82, 2.24) is 19.9 Å². The lowest BCUT2D eigenvalue weighted by molar-refractivity contribution is -0.115. The van der Waals surface area contributed by atoms with Crippen molar-refractivity contribution in [1.29, 1.82) is 0 Å². The van der Waals surface area contributed by atoms with Crippen LogP contribution in [0.5, 0.6) is 0 Å². The van der Waals surface area contributed by atoms with Crippen LogP contribution in [-0.2, 0) is 4.79 Å². The van der Waals surface area contributed by atoms with E-state index in [0.29, 0.717) is 23.2 Å². The number of rotatable bonds is 6. The van der Waals surface area contributed by atoms with E-state index in [0.717, 1.165) is 11.5 Å². The molecule has 0 saturated carbocycles. The number of carbonyl (C=O) groups is 1. The summed E-state index contributed by atoms with van der Waals surface area (Å²) in [5, 5.41) is 15.4. The zero-order chi connectivity index (χ0) is 18.7. The highest BCUT2D eigenvalue weighted by atomic mass is 32.2. The molecule has 136 valence electrons. The van der Waals surface area contributed by atoms with E-state index in [4.69, 9.17) is 4.52 Å². The van der Waals surface area contributed by atoms with E-state index in [1.54, 1.807) is 13.0 Å². The number of benzene rings is 1. The number of hydrogen-bond donors (Lipinski definition) is 1. The van der Waals surface area contributed by atoms with Gasteiger partial charge in [-0.25, -0.2) is 0 Å². The molecule has 0 aliphatic heterocycles. The molecule has 3 rings (SSSR count). The fourth-order valence-corrected chi connectivity index (χ4v) is 3.51. The molecule has 26 heavy (non-hydrogen) atoms. The van der Waals surface area contributed by atoms with Gasteiger partial charge >= 0.3 is 0 Å². The van der Waals surface area contributed by atoms with Crippen molar-refractivity contribution in [2.45, 2.75) is 44.5 Å². The van der Waals surface area contributed by atoms with Crippen LogP contribution in [0.1, 0.15) is 30.5 Å². The molecular formula is C18H21N5O2S. The minimum atomic E-state index is -0.320. The highest BCUT2D eigenvalue weighted by Gasteiger charge is 2.23. The van der Waals surface area contributed by atoms with Crippen LogP contribution in [0.2, 0.25) is 0 Å². The van der Waals surface area contributed by atoms with Gasteiger partial charge in [0.25, 0.3) is 0 Å². The number of aryl methyl sites for hydroxylation is 3. The molecule has 2 aromatic heterocycles. The van der Waals surface area contributed by atoms with Crippen molar-refractivity contribution < 1.29 is 9.32 Å². The fraction of sp³-hybridized carbons (Fsp3) is 0.333. The van der Waals surface area contributed by atoms with Gasteiger partial charge in [0.2, 0.25) is 5.91 Å². The Balaban J connectivity index is 1.80. The molecule has 0 radical (unpaired) electrons. The Morgan fingerprint density at radius 2 is 1.96 bits per heavy atom. The molecule has 0 bridgehead atoms. The quantitative estimate of drug-likeness (QED) is 0.665. The molecule has 0 spiro atoms. The molecule has 1 aromatic carbocycles. The standard InChI is InChI=1S/C18H21N5O2S/c1-5-15(17(24)19-16-10-12(3)25-22-16)26-18-21-20-13(4)23(18)14-8-6-11(2)7-9-14/h6-10,15H,5H2,1-4H3,(H,19,22,24). The first-order chi connectivity index (χ1) is 12.5. The molecule has 7 nitrogen and oxygen atoms in total. The second-order valence-electron chi connectivity index (χ2n) is 6.03. The summed E-state index contributed by atoms with van der Waals surface area (Å²) in [6.45, 7) is 7.68. The molecule has 0 aliphatic carbocycles. The van der Waals surface area contributed by atoms with E-state index in [9.17, 15) is 4.79 Å². The largest absolute Gasteiger partial charge is 0.360 e. The minimum Gasteiger partial charge on any atom is -0.360 e. The summed E-state index contributed by atoms with van der Waals surface area (Å²) < 4.78 is 6.95. The van der Waals surface area contributed by atoms with E-state index >= 15 is 0 Å². The van der Waals surface area contributed by atoms with Crippen LogP contribution in [0.3, 0.4) is 0 Å². The van der Waals surface area contributed by atoms with E-state index in [-0.39, 0.29) is 11.2 Å². The monoisotopic (exact) mass is 371 g/mol. The number of anilines is 1. The molecule has 1 atom stereocenters. The normalized spacial score (nSPS) is 12.2. The van der Waals surface area contributed by atoms with Gasteiger partial charge in [0.15, 0.2) is 11.0 Å². The predicted octanol–water partition coefficient (Wildman–Crippen LogP) is 3.69. The molecule has 2 heterocycles. The Bertz CT molecular complexity index is 901. The smallest absolute Gasteiger partial charge is 0.239 e. The summed E-state index contributed by atoms with van der Waals surface area (Å²) in [4.78, 5) is 12.6. The molecule has 0 saturated heterocycles. The van der Waals surface area contributed by atoms with Gasteiger partial charge in [0.1, 0.15) is 11.6 Å². The molecule has 1 amide bonds. The lowest BCUT2D eigenvalue weighted by Crippen LogP contribution is -2.25. The number of carbonyl (C=O) groups excluding carboxylic acids is 1. The first kappa shape index (κ1) is 18.2. The second kappa shape index (κ2) is 7.74. The van der Waals surface area contributed by atoms with Crippen LogP contribution in [0.4, 0.5) is 5.82 Å². The van der Waals surface area contributed by atoms with Crippen LogP contribution in [0, 0.1) is 20.8 Å². The Morgan fingerprint density at radius 1 is 1.23 bits per heavy atom. The Labute approximate surface area is 156 Å². The highest BCUT2D eigenvalue weighted by Crippen LogP contribution is 2.28. The first-order valence-corrected chi connectivity index (χ1v) is 9.25. The van der Waals surface area contributed by atoms with Gasteiger partial charge in [-0.15, -0.1) is 10.2 Å². The van der Waals surface area contributed by atoms with Crippen LogP contribution in [0.25, 0.3) is 5.69 Å². The number of nitrogens with one attached hydrogen (secondary N) is 1. The number of thioether (sulfide) groups is 1. The van der Waals surface area contributed by atoms with Crippen LogP contribution in [-0.4, -0.2) is 31.1 Å². The molecule has 0 aliphatic rings. The van der Waals surface area contributed by atoms with Crippen molar-refractivity contribution in [2.75, 3.05) is 5.32 Å². The third-order valence-corrected chi connectivity index (χ3v) is 5.18. The van der Waals surface area contributed by atoms with Gasteiger partial charge < -0.3 is 9.84 Å². The summed E-state index contributed by atoms with van der Waals surface area (Å²) in [5.41, 5.74) is 2.16. The third-order valence-electron chi connectivity index (χ3n) is 3.88. The zero-order valence-corrected chi connectivity index (χ0v) is 16.0. The summed E-state index contributed by atoms with van der Waals surface area (Å²) >= 11 is 1.39. The van der Waals surface area contributed by atoms with Gasteiger partial charge in [0, 0.05) is 11.8 Å². The van der Waals surface area contributed by atoms with Crippen molar-refractivity contribution >= 4 is 23.5 Å². The van der Waals surface area contributed by atoms with Gasteiger partial charge in [0.05, 0.1) is 5.25 Å². The van der Waals surface area contributed by atoms with Crippen LogP contribution >= 0.6 is 11.8 Å². The Morgan fingerprint density at radius 3 is 2.58 bits per heavy atom. The Hall–Kier alpha value is -2.61. The zero-order valence-electron chi connectivity index (χ0n) is 15.2. The maximum Gasteiger partial charge on any atom is 0.239 e. The van der Waals surface area contributed by atoms with Crippen molar-refractivity contribution in [3.8, 4) is 5.69 Å². The molecule has 3 aromatic rings. The summed E-state index contributed by atoms with van der Waals surface area (Å²) in [7, 11) is 0. The average Bonchev–Trinajstić information content (AvgIpc) is 3.19. The average molecular weight is 371 g/mol. The van der Waals surface area contributed by atoms with Crippen molar-refractivity contribution in [3.63, 3.8) is 0 Å². The number of hydrogen-bond acceptors (Lipinski definition) is 6. The second-order valence-corrected chi connectivity index (χ2v) is 7.20. The van der Waals surface area contributed by atoms with Crippen molar-refractivity contribution in [3.05, 3.63) is 47.5 Å². The van der Waals surface area contributed by atoms with Crippen LogP contribution < -0.4 is 5.32 Å². The molecule has 8 heteroatoms. The molecular weight excluding hydrogens is 350 g/mol. The van der Waals surface area contributed by atoms with E-state index < -0.39 is 0 Å². The van der Waals surface area contributed by atoms with Gasteiger partial charge in [-0.3, -0.25) is 9.36 Å². The van der Waals surface area contributed by atoms with E-state index in [2.05, 4.69) is 20.7 Å². The molecule has 1 N–H and O–H groups in total. The van der Waals surface area contributed by atoms with Gasteiger partial charge in [-0.05, 0) is 39.3 Å². The third kappa shape index (κ3) is 3.96. The SMILES string of the molecule is CCC(Sc1nnc(C)n1-c1ccc(C)cc1)C(=O)Nc1cc(C)on1. The summed E-state index contributed by atoms with van der Waals surface area (Å²) in [5.74, 6) is 1.71. The lowest BCUT2D eigenvalue weighted by Gasteiger charge is -2.14. The van der Waals surface area contributed by atoms with Gasteiger partial charge in [-0.2, -0.15) is 0 Å².